The molecule has 4 aliphatic carbocycles. The summed E-state index contributed by atoms with van der Waals surface area (Å²) in [5.41, 5.74) is 0.224. The van der Waals surface area contributed by atoms with Crippen molar-refractivity contribution in [3.8, 4) is 0 Å². The molecule has 0 saturated heterocycles. The van der Waals surface area contributed by atoms with E-state index in [1.807, 2.05) is 6.92 Å². The Labute approximate surface area is 195 Å². The van der Waals surface area contributed by atoms with Crippen LogP contribution in [0.3, 0.4) is 0 Å². The van der Waals surface area contributed by atoms with Crippen molar-refractivity contribution < 1.29 is 20.4 Å². The van der Waals surface area contributed by atoms with E-state index in [1.165, 1.54) is 5.57 Å². The molecule has 0 spiro atoms. The number of aliphatic hydroxyl groups is 4. The topological polar surface area (TPSA) is 80.9 Å². The van der Waals surface area contributed by atoms with E-state index in [0.717, 1.165) is 32.1 Å². The number of hydrogen-bond acceptors (Lipinski definition) is 4. The van der Waals surface area contributed by atoms with Gasteiger partial charge >= 0.3 is 0 Å². The summed E-state index contributed by atoms with van der Waals surface area (Å²) in [5.74, 6) is 1.71. The van der Waals surface area contributed by atoms with Gasteiger partial charge in [-0.15, -0.1) is 0 Å². The summed E-state index contributed by atoms with van der Waals surface area (Å²) < 4.78 is 0. The van der Waals surface area contributed by atoms with Gasteiger partial charge in [-0.3, -0.25) is 0 Å². The van der Waals surface area contributed by atoms with Gasteiger partial charge in [0.15, 0.2) is 0 Å². The molecule has 0 heterocycles. The van der Waals surface area contributed by atoms with Crippen LogP contribution >= 0.6 is 0 Å². The Balaban J connectivity index is 1.61. The smallest absolute Gasteiger partial charge is 0.0757 e. The Morgan fingerprint density at radius 1 is 1.06 bits per heavy atom. The van der Waals surface area contributed by atoms with Crippen LogP contribution in [0.4, 0.5) is 0 Å². The lowest BCUT2D eigenvalue weighted by Gasteiger charge is -2.59. The molecule has 4 aliphatic rings. The van der Waals surface area contributed by atoms with E-state index in [9.17, 15) is 20.4 Å². The third kappa shape index (κ3) is 3.82. The first-order valence-electron chi connectivity index (χ1n) is 13.3. The van der Waals surface area contributed by atoms with Crippen molar-refractivity contribution in [3.63, 3.8) is 0 Å². The summed E-state index contributed by atoms with van der Waals surface area (Å²) >= 11 is 0. The highest BCUT2D eigenvalue weighted by atomic mass is 16.3. The van der Waals surface area contributed by atoms with Crippen LogP contribution in [0, 0.1) is 46.3 Å². The Morgan fingerprint density at radius 2 is 1.75 bits per heavy atom. The summed E-state index contributed by atoms with van der Waals surface area (Å²) in [4.78, 5) is 0. The maximum Gasteiger partial charge on any atom is 0.0757 e. The fraction of sp³-hybridized carbons (Fsp3) is 0.929. The van der Waals surface area contributed by atoms with Crippen LogP contribution in [0.5, 0.6) is 0 Å². The second-order valence-electron chi connectivity index (χ2n) is 13.2. The molecule has 11 atom stereocenters. The summed E-state index contributed by atoms with van der Waals surface area (Å²) in [6, 6.07) is 0. The second kappa shape index (κ2) is 8.36. The average molecular weight is 449 g/mol. The first kappa shape index (κ1) is 24.7. The maximum absolute atomic E-state index is 11.7. The van der Waals surface area contributed by atoms with Gasteiger partial charge in [-0.1, -0.05) is 46.3 Å². The normalized spacial score (nSPS) is 49.0. The Kier molecular flexibility index (Phi) is 6.45. The summed E-state index contributed by atoms with van der Waals surface area (Å²) in [7, 11) is 0. The molecule has 0 aromatic heterocycles. The van der Waals surface area contributed by atoms with Gasteiger partial charge < -0.3 is 20.4 Å². The number of rotatable bonds is 5. The lowest BCUT2D eigenvalue weighted by molar-refractivity contribution is -0.137. The molecular formula is C28H48O4. The van der Waals surface area contributed by atoms with Crippen molar-refractivity contribution in [1.82, 2.24) is 0 Å². The van der Waals surface area contributed by atoms with Gasteiger partial charge in [0.25, 0.3) is 0 Å². The molecule has 0 aliphatic heterocycles. The van der Waals surface area contributed by atoms with E-state index in [-0.39, 0.29) is 34.7 Å². The third-order valence-electron chi connectivity index (χ3n) is 11.0. The minimum Gasteiger partial charge on any atom is -0.393 e. The lowest BCUT2D eigenvalue weighted by Crippen LogP contribution is -2.56. The van der Waals surface area contributed by atoms with Gasteiger partial charge in [-0.05, 0) is 98.7 Å². The zero-order valence-corrected chi connectivity index (χ0v) is 21.2. The van der Waals surface area contributed by atoms with Crippen molar-refractivity contribution in [2.24, 2.45) is 46.3 Å². The van der Waals surface area contributed by atoms with E-state index >= 15 is 0 Å². The minimum atomic E-state index is -0.904. The van der Waals surface area contributed by atoms with Crippen molar-refractivity contribution >= 4 is 0 Å². The largest absolute Gasteiger partial charge is 0.393 e. The first-order valence-corrected chi connectivity index (χ1v) is 13.3. The van der Waals surface area contributed by atoms with Crippen molar-refractivity contribution in [2.45, 2.75) is 117 Å². The Morgan fingerprint density at radius 3 is 2.41 bits per heavy atom. The molecule has 0 aromatic carbocycles. The van der Waals surface area contributed by atoms with Crippen LogP contribution in [0.2, 0.25) is 0 Å². The minimum absolute atomic E-state index is 0.0444. The maximum atomic E-state index is 11.7. The average Bonchev–Trinajstić information content (AvgIpc) is 2.98. The summed E-state index contributed by atoms with van der Waals surface area (Å²) in [5, 5.41) is 44.6. The van der Waals surface area contributed by atoms with Gasteiger partial charge in [0, 0.05) is 5.92 Å². The molecule has 4 nitrogen and oxygen atoms in total. The third-order valence-corrected chi connectivity index (χ3v) is 11.0. The summed E-state index contributed by atoms with van der Waals surface area (Å²) in [6.45, 7) is 13.3. The van der Waals surface area contributed by atoms with Crippen LogP contribution in [0.1, 0.15) is 92.9 Å². The van der Waals surface area contributed by atoms with Crippen molar-refractivity contribution in [1.29, 1.82) is 0 Å². The fourth-order valence-corrected chi connectivity index (χ4v) is 8.78. The molecule has 3 saturated carbocycles. The van der Waals surface area contributed by atoms with Crippen LogP contribution in [0.25, 0.3) is 0 Å². The first-order chi connectivity index (χ1) is 14.8. The molecule has 0 amide bonds. The van der Waals surface area contributed by atoms with E-state index in [0.29, 0.717) is 37.0 Å². The van der Waals surface area contributed by atoms with Crippen LogP contribution in [0.15, 0.2) is 11.6 Å². The van der Waals surface area contributed by atoms with Crippen LogP contribution in [-0.2, 0) is 0 Å². The summed E-state index contributed by atoms with van der Waals surface area (Å²) in [6.07, 6.45) is 7.62. The molecule has 32 heavy (non-hydrogen) atoms. The Hall–Kier alpha value is -0.420. The van der Waals surface area contributed by atoms with Gasteiger partial charge in [0.2, 0.25) is 0 Å². The molecule has 0 radical (unpaired) electrons. The number of hydrogen-bond donors (Lipinski definition) is 4. The molecule has 4 rings (SSSR count). The van der Waals surface area contributed by atoms with Gasteiger partial charge in [-0.2, -0.15) is 0 Å². The second-order valence-corrected chi connectivity index (χ2v) is 13.2. The van der Waals surface area contributed by atoms with E-state index in [1.54, 1.807) is 0 Å². The molecule has 0 aromatic rings. The highest BCUT2D eigenvalue weighted by Gasteiger charge is 2.65. The predicted molar refractivity (Wildman–Crippen MR) is 128 cm³/mol. The zero-order chi connectivity index (χ0) is 23.6. The molecule has 184 valence electrons. The highest BCUT2D eigenvalue weighted by Crippen LogP contribution is 2.67. The zero-order valence-electron chi connectivity index (χ0n) is 21.2. The highest BCUT2D eigenvalue weighted by molar-refractivity contribution is 5.28. The predicted octanol–water partition coefficient (Wildman–Crippen LogP) is 4.69. The van der Waals surface area contributed by atoms with Gasteiger partial charge in [0.05, 0.1) is 23.9 Å². The fourth-order valence-electron chi connectivity index (χ4n) is 8.78. The monoisotopic (exact) mass is 448 g/mol. The number of fused-ring (bicyclic) bond motifs is 5. The SMILES string of the molecule is CC(C)[C@H](C)CC[C@](C)(O)[C@H]1[C@@H](O)C[C@H]2[C@@H]3[C@H](O)C=C4C[C@@H](O)CCC4(C)[C@H]3CC[C@@]21C. The number of aliphatic hydroxyl groups excluding tert-OH is 3. The molecular weight excluding hydrogens is 400 g/mol. The standard InChI is InChI=1S/C28H48O4/c1-16(2)17(3)7-12-28(6,32)25-23(31)15-21-24-20(9-11-27(21,25)5)26(4)10-8-19(29)13-18(26)14-22(24)30/h14,16-17,19-25,29-32H,7-13,15H2,1-6H3/t17-,19+,20+,21+,22-,23+,24-,25+,26?,27+,28+/m1/s1. The quantitative estimate of drug-likeness (QED) is 0.460. The van der Waals surface area contributed by atoms with E-state index < -0.39 is 17.8 Å². The van der Waals surface area contributed by atoms with E-state index in [4.69, 9.17) is 0 Å². The van der Waals surface area contributed by atoms with E-state index in [2.05, 4.69) is 40.7 Å². The van der Waals surface area contributed by atoms with Crippen molar-refractivity contribution in [2.75, 3.05) is 0 Å². The molecule has 4 heteroatoms. The lowest BCUT2D eigenvalue weighted by atomic mass is 9.46. The molecule has 1 unspecified atom stereocenters. The molecule has 3 fully saturated rings. The van der Waals surface area contributed by atoms with Gasteiger partial charge in [0.1, 0.15) is 0 Å². The van der Waals surface area contributed by atoms with Gasteiger partial charge in [-0.25, -0.2) is 0 Å². The Bertz CT molecular complexity index is 729. The van der Waals surface area contributed by atoms with Crippen molar-refractivity contribution in [3.05, 3.63) is 11.6 Å². The van der Waals surface area contributed by atoms with Crippen LogP contribution < -0.4 is 0 Å². The molecule has 4 N–H and O–H groups in total. The van der Waals surface area contributed by atoms with Crippen LogP contribution in [-0.4, -0.2) is 44.3 Å². The molecule has 0 bridgehead atoms.